The first kappa shape index (κ1) is 26.7. The molecule has 0 radical (unpaired) electrons. The maximum Gasteiger partial charge on any atom is 0.252 e. The lowest BCUT2D eigenvalue weighted by Gasteiger charge is -2.52. The van der Waals surface area contributed by atoms with Crippen molar-refractivity contribution in [3.05, 3.63) is 34.2 Å². The molecule has 1 aliphatic carbocycles. The van der Waals surface area contributed by atoms with Gasteiger partial charge in [0.2, 0.25) is 11.8 Å². The Bertz CT molecular complexity index is 906. The van der Waals surface area contributed by atoms with Gasteiger partial charge in [-0.2, -0.15) is 0 Å². The van der Waals surface area contributed by atoms with Crippen LogP contribution < -0.4 is 10.9 Å². The molecule has 3 fully saturated rings. The third-order valence-corrected chi connectivity index (χ3v) is 7.89. The Labute approximate surface area is 207 Å². The third kappa shape index (κ3) is 5.50. The molecule has 190 valence electrons. The van der Waals surface area contributed by atoms with Gasteiger partial charge in [0.1, 0.15) is 11.6 Å². The number of carbonyl (C=O) groups is 2. The van der Waals surface area contributed by atoms with Crippen molar-refractivity contribution in [2.24, 2.45) is 0 Å². The van der Waals surface area contributed by atoms with Gasteiger partial charge in [0.05, 0.1) is 5.60 Å². The second-order valence-electron chi connectivity index (χ2n) is 10.2. The van der Waals surface area contributed by atoms with Gasteiger partial charge in [-0.1, -0.05) is 38.7 Å². The van der Waals surface area contributed by atoms with E-state index < -0.39 is 17.2 Å². The summed E-state index contributed by atoms with van der Waals surface area (Å²) < 4.78 is 0. The van der Waals surface area contributed by atoms with Crippen molar-refractivity contribution in [3.8, 4) is 0 Å². The average Bonchev–Trinajstić information content (AvgIpc) is 2.80. The number of rotatable bonds is 7. The van der Waals surface area contributed by atoms with E-state index >= 15 is 0 Å². The van der Waals surface area contributed by atoms with Crippen molar-refractivity contribution in [2.45, 2.75) is 94.9 Å². The Kier molecular flexibility index (Phi) is 8.82. The molecule has 0 unspecified atom stereocenters. The molecule has 2 saturated heterocycles. The summed E-state index contributed by atoms with van der Waals surface area (Å²) in [6.07, 6.45) is 9.26. The molecule has 3 heterocycles. The zero-order valence-electron chi connectivity index (χ0n) is 20.2. The van der Waals surface area contributed by atoms with Crippen LogP contribution in [0.1, 0.15) is 76.7 Å². The van der Waals surface area contributed by atoms with Gasteiger partial charge in [0, 0.05) is 44.4 Å². The molecule has 3 aliphatic rings. The number of H-pyrrole nitrogens is 1. The first-order chi connectivity index (χ1) is 15.9. The Morgan fingerprint density at radius 3 is 2.44 bits per heavy atom. The fraction of sp³-hybridized carbons (Fsp3) is 0.720. The molecule has 1 spiro atoms. The van der Waals surface area contributed by atoms with Gasteiger partial charge in [0.25, 0.3) is 5.56 Å². The van der Waals surface area contributed by atoms with E-state index in [2.05, 4.69) is 22.1 Å². The third-order valence-electron chi connectivity index (χ3n) is 7.89. The number of carbonyl (C=O) groups excluding carboxylic acids is 2. The molecule has 2 aliphatic heterocycles. The Balaban J connectivity index is 0.00000324. The van der Waals surface area contributed by atoms with Gasteiger partial charge in [-0.05, 0) is 38.2 Å². The van der Waals surface area contributed by atoms with E-state index in [0.717, 1.165) is 32.1 Å². The molecule has 1 saturated carbocycles. The van der Waals surface area contributed by atoms with E-state index in [9.17, 15) is 19.5 Å². The molecule has 1 aromatic heterocycles. The number of aromatic amines is 1. The van der Waals surface area contributed by atoms with E-state index in [-0.39, 0.29) is 29.8 Å². The molecule has 34 heavy (non-hydrogen) atoms. The predicted octanol–water partition coefficient (Wildman–Crippen LogP) is 2.34. The fourth-order valence-corrected chi connectivity index (χ4v) is 5.85. The molecule has 4 rings (SSSR count). The number of nitrogens with one attached hydrogen (secondary N) is 2. The van der Waals surface area contributed by atoms with Crippen LogP contribution in [0.4, 0.5) is 0 Å². The number of nitrogens with zero attached hydrogens (tertiary/aromatic N) is 2. The summed E-state index contributed by atoms with van der Waals surface area (Å²) in [6, 6.07) is 3.00. The maximum atomic E-state index is 13.6. The van der Waals surface area contributed by atoms with E-state index in [1.807, 2.05) is 17.0 Å². The fourth-order valence-electron chi connectivity index (χ4n) is 5.85. The van der Waals surface area contributed by atoms with Crippen LogP contribution in [0.15, 0.2) is 23.1 Å². The van der Waals surface area contributed by atoms with Crippen LogP contribution in [-0.4, -0.2) is 68.5 Å². The van der Waals surface area contributed by atoms with E-state index in [1.165, 1.54) is 0 Å². The number of likely N-dealkylation sites (tertiary alicyclic amines) is 1. The first-order valence-electron chi connectivity index (χ1n) is 12.6. The SMILES string of the molecule is CCCCN1C(=O)[C@@H](CC2(O)CCCCC2)NC(=O)C12CCN(Cc1ccc[nH]c1=O)CC2.Cl. The van der Waals surface area contributed by atoms with E-state index in [0.29, 0.717) is 63.8 Å². The summed E-state index contributed by atoms with van der Waals surface area (Å²) in [4.78, 5) is 45.9. The van der Waals surface area contributed by atoms with Gasteiger partial charge in [-0.25, -0.2) is 0 Å². The standard InChI is InChI=1S/C25H38N4O4.ClH/c1-2-3-14-29-22(31)20(17-24(33)9-5-4-6-10-24)27-23(32)25(29)11-15-28(16-12-25)18-19-8-7-13-26-21(19)30;/h7-8,13,20,33H,2-6,9-12,14-18H2,1H3,(H,26,30)(H,27,32);1H/t20-;/m1./s1. The largest absolute Gasteiger partial charge is 0.390 e. The summed E-state index contributed by atoms with van der Waals surface area (Å²) in [5, 5.41) is 14.0. The minimum Gasteiger partial charge on any atom is -0.390 e. The van der Waals surface area contributed by atoms with Crippen LogP contribution >= 0.6 is 12.4 Å². The second kappa shape index (κ2) is 11.2. The highest BCUT2D eigenvalue weighted by atomic mass is 35.5. The maximum absolute atomic E-state index is 13.6. The Hall–Kier alpha value is -1.90. The molecule has 1 atom stereocenters. The van der Waals surface area contributed by atoms with Gasteiger partial charge in [-0.3, -0.25) is 19.3 Å². The molecule has 9 heteroatoms. The summed E-state index contributed by atoms with van der Waals surface area (Å²) in [5.74, 6) is -0.130. The molecular formula is C25H39ClN4O4. The topological polar surface area (TPSA) is 106 Å². The monoisotopic (exact) mass is 494 g/mol. The number of aliphatic hydroxyl groups is 1. The van der Waals surface area contributed by atoms with Gasteiger partial charge < -0.3 is 20.3 Å². The highest BCUT2D eigenvalue weighted by Gasteiger charge is 2.54. The number of amides is 2. The van der Waals surface area contributed by atoms with E-state index in [4.69, 9.17) is 0 Å². The van der Waals surface area contributed by atoms with Crippen molar-refractivity contribution in [3.63, 3.8) is 0 Å². The van der Waals surface area contributed by atoms with Crippen molar-refractivity contribution < 1.29 is 14.7 Å². The molecular weight excluding hydrogens is 456 g/mol. The lowest BCUT2D eigenvalue weighted by Crippen LogP contribution is -2.73. The molecule has 0 bridgehead atoms. The smallest absolute Gasteiger partial charge is 0.252 e. The van der Waals surface area contributed by atoms with Gasteiger partial charge in [0.15, 0.2) is 0 Å². The number of hydrogen-bond donors (Lipinski definition) is 3. The Morgan fingerprint density at radius 2 is 1.79 bits per heavy atom. The molecule has 1 aromatic rings. The van der Waals surface area contributed by atoms with Crippen LogP contribution in [0, 0.1) is 0 Å². The second-order valence-corrected chi connectivity index (χ2v) is 10.2. The average molecular weight is 495 g/mol. The highest BCUT2D eigenvalue weighted by Crippen LogP contribution is 2.37. The zero-order valence-corrected chi connectivity index (χ0v) is 21.0. The van der Waals surface area contributed by atoms with Gasteiger partial charge >= 0.3 is 0 Å². The first-order valence-corrected chi connectivity index (χ1v) is 12.6. The van der Waals surface area contributed by atoms with Crippen molar-refractivity contribution >= 4 is 24.2 Å². The van der Waals surface area contributed by atoms with E-state index in [1.54, 1.807) is 6.20 Å². The number of halogens is 1. The van der Waals surface area contributed by atoms with Crippen LogP contribution in [0.5, 0.6) is 0 Å². The highest BCUT2D eigenvalue weighted by molar-refractivity contribution is 6.00. The molecule has 0 aromatic carbocycles. The number of piperazine rings is 1. The number of piperidine rings is 1. The normalized spacial score (nSPS) is 24.5. The van der Waals surface area contributed by atoms with Crippen molar-refractivity contribution in [1.29, 1.82) is 0 Å². The van der Waals surface area contributed by atoms with Crippen LogP contribution in [0.25, 0.3) is 0 Å². The quantitative estimate of drug-likeness (QED) is 0.539. The number of unbranched alkanes of at least 4 members (excludes halogenated alkanes) is 1. The van der Waals surface area contributed by atoms with Crippen LogP contribution in [-0.2, 0) is 16.1 Å². The molecule has 8 nitrogen and oxygen atoms in total. The van der Waals surface area contributed by atoms with Crippen molar-refractivity contribution in [2.75, 3.05) is 19.6 Å². The predicted molar refractivity (Wildman–Crippen MR) is 133 cm³/mol. The lowest BCUT2D eigenvalue weighted by atomic mass is 9.77. The summed E-state index contributed by atoms with van der Waals surface area (Å²) in [6.45, 7) is 4.48. The minimum absolute atomic E-state index is 0. The molecule has 2 amide bonds. The summed E-state index contributed by atoms with van der Waals surface area (Å²) in [7, 11) is 0. The van der Waals surface area contributed by atoms with Crippen LogP contribution in [0.3, 0.4) is 0 Å². The summed E-state index contributed by atoms with van der Waals surface area (Å²) in [5.41, 5.74) is -1.08. The zero-order chi connectivity index (χ0) is 23.5. The molecule has 3 N–H and O–H groups in total. The summed E-state index contributed by atoms with van der Waals surface area (Å²) >= 11 is 0. The minimum atomic E-state index is -0.862. The number of hydrogen-bond acceptors (Lipinski definition) is 5. The Morgan fingerprint density at radius 1 is 1.09 bits per heavy atom. The number of pyridine rings is 1. The van der Waals surface area contributed by atoms with Crippen molar-refractivity contribution in [1.82, 2.24) is 20.1 Å². The lowest BCUT2D eigenvalue weighted by molar-refractivity contribution is -0.163. The van der Waals surface area contributed by atoms with Gasteiger partial charge in [-0.15, -0.1) is 12.4 Å². The van der Waals surface area contributed by atoms with Crippen LogP contribution in [0.2, 0.25) is 0 Å². The number of aromatic nitrogens is 1.